The van der Waals surface area contributed by atoms with E-state index in [1.807, 2.05) is 24.3 Å². The zero-order valence-electron chi connectivity index (χ0n) is 11.7. The van der Waals surface area contributed by atoms with E-state index < -0.39 is 0 Å². The Labute approximate surface area is 119 Å². The van der Waals surface area contributed by atoms with Crippen LogP contribution in [0.2, 0.25) is 0 Å². The maximum absolute atomic E-state index is 12.0. The van der Waals surface area contributed by atoms with Crippen LogP contribution in [-0.4, -0.2) is 30.9 Å². The van der Waals surface area contributed by atoms with E-state index >= 15 is 0 Å². The van der Waals surface area contributed by atoms with Crippen LogP contribution in [0.1, 0.15) is 25.3 Å². The highest BCUT2D eigenvalue weighted by molar-refractivity contribution is 5.96. The first-order valence-electron chi connectivity index (χ1n) is 7.09. The van der Waals surface area contributed by atoms with E-state index in [1.165, 1.54) is 18.4 Å². The molecule has 2 amide bonds. The molecule has 0 saturated carbocycles. The summed E-state index contributed by atoms with van der Waals surface area (Å²) < 4.78 is 0. The number of carbonyl (C=O) groups excluding carboxylic acids is 2. The predicted molar refractivity (Wildman–Crippen MR) is 78.5 cm³/mol. The normalized spacial score (nSPS) is 18.4. The fourth-order valence-electron chi connectivity index (χ4n) is 2.12. The molecule has 3 N–H and O–H groups in total. The number of aryl methyl sites for hydroxylation is 1. The van der Waals surface area contributed by atoms with Crippen LogP contribution in [0.4, 0.5) is 5.69 Å². The second-order valence-electron chi connectivity index (χ2n) is 5.03. The molecule has 20 heavy (non-hydrogen) atoms. The summed E-state index contributed by atoms with van der Waals surface area (Å²) in [6, 6.07) is 7.56. The van der Waals surface area contributed by atoms with Gasteiger partial charge in [0.05, 0.1) is 6.54 Å². The summed E-state index contributed by atoms with van der Waals surface area (Å²) in [5.41, 5.74) is 2.07. The molecule has 5 heteroatoms. The average Bonchev–Trinajstić information content (AvgIpc) is 2.47. The van der Waals surface area contributed by atoms with Crippen molar-refractivity contribution >= 4 is 17.5 Å². The van der Waals surface area contributed by atoms with Crippen molar-refractivity contribution in [3.8, 4) is 0 Å². The van der Waals surface area contributed by atoms with Gasteiger partial charge < -0.3 is 10.6 Å². The Balaban J connectivity index is 1.86. The largest absolute Gasteiger partial charge is 0.353 e. The van der Waals surface area contributed by atoms with Crippen LogP contribution in [0.15, 0.2) is 24.3 Å². The summed E-state index contributed by atoms with van der Waals surface area (Å²) in [5, 5.41) is 8.43. The number of nitrogens with one attached hydrogen (secondary N) is 3. The third kappa shape index (κ3) is 4.06. The first-order valence-corrected chi connectivity index (χ1v) is 7.09. The lowest BCUT2D eigenvalue weighted by molar-refractivity contribution is -0.124. The van der Waals surface area contributed by atoms with Crippen LogP contribution < -0.4 is 16.0 Å². The molecule has 1 aromatic rings. The number of benzene rings is 1. The summed E-state index contributed by atoms with van der Waals surface area (Å²) in [6.45, 7) is 2.69. The molecule has 1 aliphatic heterocycles. The molecule has 1 heterocycles. The molecule has 0 spiro atoms. The Hall–Kier alpha value is -1.88. The van der Waals surface area contributed by atoms with Gasteiger partial charge in [-0.15, -0.1) is 0 Å². The highest BCUT2D eigenvalue weighted by atomic mass is 16.2. The number of anilines is 1. The topological polar surface area (TPSA) is 70.2 Å². The van der Waals surface area contributed by atoms with Crippen molar-refractivity contribution in [1.29, 1.82) is 0 Å². The van der Waals surface area contributed by atoms with Gasteiger partial charge in [0.2, 0.25) is 11.8 Å². The van der Waals surface area contributed by atoms with E-state index in [1.54, 1.807) is 0 Å². The zero-order valence-corrected chi connectivity index (χ0v) is 11.7. The van der Waals surface area contributed by atoms with Crippen LogP contribution in [0.25, 0.3) is 0 Å². The second-order valence-corrected chi connectivity index (χ2v) is 5.03. The SMILES string of the molecule is CCCCc1ccc(NC(=O)C2CNC(=O)CN2)cc1. The van der Waals surface area contributed by atoms with Gasteiger partial charge in [0.25, 0.3) is 0 Å². The van der Waals surface area contributed by atoms with Gasteiger partial charge in [-0.25, -0.2) is 0 Å². The molecule has 1 saturated heterocycles. The standard InChI is InChI=1S/C15H21N3O2/c1-2-3-4-11-5-7-12(8-6-11)18-15(20)13-9-17-14(19)10-16-13/h5-8,13,16H,2-4,9-10H2,1H3,(H,17,19)(H,18,20). The number of amides is 2. The number of piperazine rings is 1. The van der Waals surface area contributed by atoms with Crippen molar-refractivity contribution in [3.05, 3.63) is 29.8 Å². The Morgan fingerprint density at radius 1 is 1.35 bits per heavy atom. The zero-order chi connectivity index (χ0) is 14.4. The third-order valence-corrected chi connectivity index (χ3v) is 3.37. The molecule has 0 bridgehead atoms. The molecule has 0 aliphatic carbocycles. The molecule has 1 fully saturated rings. The smallest absolute Gasteiger partial charge is 0.243 e. The molecule has 1 aliphatic rings. The molecule has 108 valence electrons. The van der Waals surface area contributed by atoms with Crippen LogP contribution >= 0.6 is 0 Å². The van der Waals surface area contributed by atoms with Crippen molar-refractivity contribution in [3.63, 3.8) is 0 Å². The van der Waals surface area contributed by atoms with Crippen LogP contribution in [-0.2, 0) is 16.0 Å². The van der Waals surface area contributed by atoms with Crippen molar-refractivity contribution in [2.75, 3.05) is 18.4 Å². The second kappa shape index (κ2) is 7.05. The molecule has 0 radical (unpaired) electrons. The van der Waals surface area contributed by atoms with E-state index in [2.05, 4.69) is 22.9 Å². The maximum Gasteiger partial charge on any atom is 0.243 e. The lowest BCUT2D eigenvalue weighted by Crippen LogP contribution is -2.56. The predicted octanol–water partition coefficient (Wildman–Crippen LogP) is 1.06. The van der Waals surface area contributed by atoms with Crippen molar-refractivity contribution in [2.24, 2.45) is 0 Å². The van der Waals surface area contributed by atoms with Gasteiger partial charge in [-0.1, -0.05) is 25.5 Å². The van der Waals surface area contributed by atoms with E-state index in [0.717, 1.165) is 12.1 Å². The minimum absolute atomic E-state index is 0.0747. The van der Waals surface area contributed by atoms with Gasteiger partial charge in [0.15, 0.2) is 0 Å². The lowest BCUT2D eigenvalue weighted by atomic mass is 10.1. The Kier molecular flexibility index (Phi) is 5.12. The van der Waals surface area contributed by atoms with E-state index in [0.29, 0.717) is 6.54 Å². The third-order valence-electron chi connectivity index (χ3n) is 3.37. The Morgan fingerprint density at radius 3 is 2.70 bits per heavy atom. The molecule has 1 atom stereocenters. The average molecular weight is 275 g/mol. The molecular weight excluding hydrogens is 254 g/mol. The molecule has 1 aromatic carbocycles. The summed E-state index contributed by atoms with van der Waals surface area (Å²) in [6.07, 6.45) is 3.43. The fraction of sp³-hybridized carbons (Fsp3) is 0.467. The van der Waals surface area contributed by atoms with E-state index in [-0.39, 0.29) is 24.4 Å². The van der Waals surface area contributed by atoms with Crippen LogP contribution in [0, 0.1) is 0 Å². The van der Waals surface area contributed by atoms with Crippen LogP contribution in [0.5, 0.6) is 0 Å². The highest BCUT2D eigenvalue weighted by Crippen LogP contribution is 2.12. The van der Waals surface area contributed by atoms with E-state index in [4.69, 9.17) is 0 Å². The van der Waals surface area contributed by atoms with Crippen molar-refractivity contribution in [2.45, 2.75) is 32.2 Å². The Bertz CT molecular complexity index is 461. The van der Waals surface area contributed by atoms with E-state index in [9.17, 15) is 9.59 Å². The number of unbranched alkanes of at least 4 members (excludes halogenated alkanes) is 1. The Morgan fingerprint density at radius 2 is 2.10 bits per heavy atom. The summed E-state index contributed by atoms with van der Waals surface area (Å²) >= 11 is 0. The first-order chi connectivity index (χ1) is 9.69. The maximum atomic E-state index is 12.0. The lowest BCUT2D eigenvalue weighted by Gasteiger charge is -2.23. The summed E-state index contributed by atoms with van der Waals surface area (Å²) in [5.74, 6) is -0.194. The summed E-state index contributed by atoms with van der Waals surface area (Å²) in [7, 11) is 0. The van der Waals surface area contributed by atoms with Gasteiger partial charge >= 0.3 is 0 Å². The van der Waals surface area contributed by atoms with Gasteiger partial charge in [-0.05, 0) is 30.5 Å². The minimum atomic E-state index is -0.368. The number of carbonyl (C=O) groups is 2. The molecule has 1 unspecified atom stereocenters. The molecule has 5 nitrogen and oxygen atoms in total. The molecule has 2 rings (SSSR count). The number of rotatable bonds is 5. The van der Waals surface area contributed by atoms with Crippen molar-refractivity contribution < 1.29 is 9.59 Å². The number of hydrogen-bond donors (Lipinski definition) is 3. The fourth-order valence-corrected chi connectivity index (χ4v) is 2.12. The molecule has 0 aromatic heterocycles. The summed E-state index contributed by atoms with van der Waals surface area (Å²) in [4.78, 5) is 23.0. The highest BCUT2D eigenvalue weighted by Gasteiger charge is 2.23. The van der Waals surface area contributed by atoms with Gasteiger partial charge in [0, 0.05) is 12.2 Å². The van der Waals surface area contributed by atoms with Gasteiger partial charge in [0.1, 0.15) is 6.04 Å². The van der Waals surface area contributed by atoms with Gasteiger partial charge in [-0.2, -0.15) is 0 Å². The monoisotopic (exact) mass is 275 g/mol. The first kappa shape index (κ1) is 14.5. The quantitative estimate of drug-likeness (QED) is 0.752. The number of hydrogen-bond acceptors (Lipinski definition) is 3. The van der Waals surface area contributed by atoms with Gasteiger partial charge in [-0.3, -0.25) is 14.9 Å². The minimum Gasteiger partial charge on any atom is -0.353 e. The molecular formula is C15H21N3O2. The van der Waals surface area contributed by atoms with Crippen LogP contribution in [0.3, 0.4) is 0 Å². The van der Waals surface area contributed by atoms with Crippen molar-refractivity contribution in [1.82, 2.24) is 10.6 Å².